The van der Waals surface area contributed by atoms with Crippen molar-refractivity contribution in [2.24, 2.45) is 5.92 Å². The molecule has 1 N–H and O–H groups in total. The van der Waals surface area contributed by atoms with Gasteiger partial charge in [0, 0.05) is 17.5 Å². The summed E-state index contributed by atoms with van der Waals surface area (Å²) < 4.78 is 21.4. The molecule has 134 valence electrons. The monoisotopic (exact) mass is 347 g/mol. The fraction of sp³-hybridized carbons (Fsp3) is 0.444. The van der Waals surface area contributed by atoms with Crippen molar-refractivity contribution >= 4 is 5.97 Å². The lowest BCUT2D eigenvalue weighted by molar-refractivity contribution is -0.152. The molecule has 2 aromatic rings. The topological polar surface area (TPSA) is 91.0 Å². The minimum atomic E-state index is -0.299. The van der Waals surface area contributed by atoms with Crippen LogP contribution in [0.2, 0.25) is 0 Å². The zero-order chi connectivity index (χ0) is 17.8. The fourth-order valence-electron chi connectivity index (χ4n) is 2.89. The van der Waals surface area contributed by atoms with Crippen molar-refractivity contribution in [2.45, 2.75) is 26.1 Å². The van der Waals surface area contributed by atoms with Crippen LogP contribution in [0.15, 0.2) is 28.8 Å². The Morgan fingerprint density at radius 1 is 1.32 bits per heavy atom. The quantitative estimate of drug-likeness (QED) is 0.828. The van der Waals surface area contributed by atoms with E-state index in [1.165, 1.54) is 7.11 Å². The molecule has 0 saturated carbocycles. The number of esters is 1. The smallest absolute Gasteiger partial charge is 0.311 e. The number of carbonyl (C=O) groups is 1. The highest BCUT2D eigenvalue weighted by atomic mass is 16.5. The number of ether oxygens (including phenoxy) is 3. The number of aromatic nitrogens is 1. The third kappa shape index (κ3) is 3.83. The summed E-state index contributed by atoms with van der Waals surface area (Å²) in [6.45, 7) is 2.46. The molecule has 2 heterocycles. The summed E-state index contributed by atoms with van der Waals surface area (Å²) in [7, 11) is 1.37. The number of aliphatic hydroxyl groups excluding tert-OH is 1. The van der Waals surface area contributed by atoms with Gasteiger partial charge >= 0.3 is 5.97 Å². The molecule has 7 heteroatoms. The van der Waals surface area contributed by atoms with Crippen molar-refractivity contribution in [3.8, 4) is 17.1 Å². The van der Waals surface area contributed by atoms with Crippen molar-refractivity contribution in [3.05, 3.63) is 35.5 Å². The number of hydrogen-bond donors (Lipinski definition) is 1. The van der Waals surface area contributed by atoms with Crippen LogP contribution in [-0.4, -0.2) is 42.7 Å². The van der Waals surface area contributed by atoms with E-state index in [9.17, 15) is 9.90 Å². The van der Waals surface area contributed by atoms with Gasteiger partial charge in [0.15, 0.2) is 5.76 Å². The minimum absolute atomic E-state index is 0.128. The van der Waals surface area contributed by atoms with Crippen LogP contribution in [0.3, 0.4) is 0 Å². The second-order valence-electron chi connectivity index (χ2n) is 5.99. The van der Waals surface area contributed by atoms with E-state index in [-0.39, 0.29) is 24.6 Å². The van der Waals surface area contributed by atoms with Gasteiger partial charge in [-0.2, -0.15) is 0 Å². The largest absolute Gasteiger partial charge is 0.488 e. The zero-order valence-corrected chi connectivity index (χ0v) is 14.2. The van der Waals surface area contributed by atoms with E-state index >= 15 is 0 Å². The molecule has 2 unspecified atom stereocenters. The van der Waals surface area contributed by atoms with Crippen LogP contribution in [0, 0.1) is 12.8 Å². The summed E-state index contributed by atoms with van der Waals surface area (Å²) >= 11 is 0. The molecule has 3 rings (SSSR count). The first-order valence-electron chi connectivity index (χ1n) is 8.11. The molecule has 2 atom stereocenters. The summed E-state index contributed by atoms with van der Waals surface area (Å²) in [5.41, 5.74) is 2.16. The molecular formula is C18H21NO6. The molecular weight excluding hydrogens is 326 g/mol. The Kier molecular flexibility index (Phi) is 5.35. The number of aliphatic hydroxyl groups is 1. The number of methoxy groups -OCH3 is 1. The molecule has 7 nitrogen and oxygen atoms in total. The number of aryl methyl sites for hydroxylation is 1. The number of rotatable bonds is 5. The first-order chi connectivity index (χ1) is 12.1. The molecule has 25 heavy (non-hydrogen) atoms. The van der Waals surface area contributed by atoms with Crippen molar-refractivity contribution in [3.63, 3.8) is 0 Å². The van der Waals surface area contributed by atoms with Crippen LogP contribution < -0.4 is 4.74 Å². The molecule has 0 bridgehead atoms. The molecule has 0 aliphatic carbocycles. The first-order valence-corrected chi connectivity index (χ1v) is 8.11. The highest BCUT2D eigenvalue weighted by molar-refractivity contribution is 5.72. The molecule has 0 spiro atoms. The summed E-state index contributed by atoms with van der Waals surface area (Å²) in [6.07, 6.45) is 0.355. The van der Waals surface area contributed by atoms with Crippen LogP contribution in [0.1, 0.15) is 17.7 Å². The molecule has 0 amide bonds. The Labute approximate surface area is 145 Å². The van der Waals surface area contributed by atoms with Gasteiger partial charge in [0.05, 0.1) is 38.5 Å². The van der Waals surface area contributed by atoms with E-state index in [0.29, 0.717) is 42.4 Å². The third-order valence-electron chi connectivity index (χ3n) is 4.27. The van der Waals surface area contributed by atoms with Gasteiger partial charge in [0.2, 0.25) is 0 Å². The third-order valence-corrected chi connectivity index (χ3v) is 4.27. The van der Waals surface area contributed by atoms with Crippen LogP contribution in [-0.2, 0) is 20.9 Å². The normalized spacial score (nSPS) is 20.3. The Balaban J connectivity index is 1.67. The van der Waals surface area contributed by atoms with Crippen LogP contribution in [0.5, 0.6) is 5.75 Å². The standard InChI is InChI=1S/C18H21NO6/c1-11-16(8-20)17(25-19-11)12-3-5-14(6-4-12)24-15-7-13(9-23-10-15)18(21)22-2/h3-6,13,15,20H,7-10H2,1-2H3. The molecule has 1 aromatic carbocycles. The van der Waals surface area contributed by atoms with Gasteiger partial charge in [-0.25, -0.2) is 0 Å². The molecule has 0 radical (unpaired) electrons. The van der Waals surface area contributed by atoms with Gasteiger partial charge < -0.3 is 23.8 Å². The average molecular weight is 347 g/mol. The maximum absolute atomic E-state index is 11.6. The van der Waals surface area contributed by atoms with Crippen molar-refractivity contribution in [2.75, 3.05) is 20.3 Å². The van der Waals surface area contributed by atoms with Crippen LogP contribution >= 0.6 is 0 Å². The molecule has 1 aliphatic heterocycles. The van der Waals surface area contributed by atoms with Gasteiger partial charge in [-0.15, -0.1) is 0 Å². The Hall–Kier alpha value is -2.38. The number of hydrogen-bond acceptors (Lipinski definition) is 7. The second kappa shape index (κ2) is 7.67. The first kappa shape index (κ1) is 17.4. The van der Waals surface area contributed by atoms with Gasteiger partial charge in [0.25, 0.3) is 0 Å². The van der Waals surface area contributed by atoms with Gasteiger partial charge in [-0.1, -0.05) is 5.16 Å². The predicted molar refractivity (Wildman–Crippen MR) is 88.0 cm³/mol. The minimum Gasteiger partial charge on any atom is -0.488 e. The zero-order valence-electron chi connectivity index (χ0n) is 14.2. The van der Waals surface area contributed by atoms with Crippen LogP contribution in [0.25, 0.3) is 11.3 Å². The van der Waals surface area contributed by atoms with E-state index in [4.69, 9.17) is 18.7 Å². The van der Waals surface area contributed by atoms with Crippen molar-refractivity contribution < 1.29 is 28.6 Å². The Morgan fingerprint density at radius 3 is 2.76 bits per heavy atom. The highest BCUT2D eigenvalue weighted by Gasteiger charge is 2.30. The molecule has 1 saturated heterocycles. The highest BCUT2D eigenvalue weighted by Crippen LogP contribution is 2.29. The van der Waals surface area contributed by atoms with E-state index in [1.54, 1.807) is 6.92 Å². The second-order valence-corrected chi connectivity index (χ2v) is 5.99. The van der Waals surface area contributed by atoms with Gasteiger partial charge in [-0.05, 0) is 31.2 Å². The fourth-order valence-corrected chi connectivity index (χ4v) is 2.89. The summed E-state index contributed by atoms with van der Waals surface area (Å²) in [5.74, 6) is 0.649. The summed E-state index contributed by atoms with van der Waals surface area (Å²) in [4.78, 5) is 11.6. The van der Waals surface area contributed by atoms with Crippen molar-refractivity contribution in [1.29, 1.82) is 0 Å². The van der Waals surface area contributed by atoms with Gasteiger partial charge in [0.1, 0.15) is 11.9 Å². The van der Waals surface area contributed by atoms with Gasteiger partial charge in [-0.3, -0.25) is 4.79 Å². The average Bonchev–Trinajstić information content (AvgIpc) is 3.02. The SMILES string of the molecule is COC(=O)C1COCC(Oc2ccc(-c3onc(C)c3CO)cc2)C1. The Bertz CT molecular complexity index is 724. The van der Waals surface area contributed by atoms with E-state index in [1.807, 2.05) is 24.3 Å². The molecule has 1 aromatic heterocycles. The predicted octanol–water partition coefficient (Wildman–Crippen LogP) is 2.10. The number of nitrogens with zero attached hydrogens (tertiary/aromatic N) is 1. The van der Waals surface area contributed by atoms with Crippen molar-refractivity contribution in [1.82, 2.24) is 5.16 Å². The molecule has 1 fully saturated rings. The Morgan fingerprint density at radius 2 is 2.08 bits per heavy atom. The van der Waals surface area contributed by atoms with E-state index in [0.717, 1.165) is 5.56 Å². The maximum atomic E-state index is 11.6. The summed E-state index contributed by atoms with van der Waals surface area (Å²) in [6, 6.07) is 7.32. The summed E-state index contributed by atoms with van der Waals surface area (Å²) in [5, 5.41) is 13.3. The number of benzene rings is 1. The lowest BCUT2D eigenvalue weighted by Gasteiger charge is -2.28. The number of carbonyl (C=O) groups excluding carboxylic acids is 1. The van der Waals surface area contributed by atoms with E-state index in [2.05, 4.69) is 5.16 Å². The maximum Gasteiger partial charge on any atom is 0.311 e. The lowest BCUT2D eigenvalue weighted by atomic mass is 10.0. The lowest BCUT2D eigenvalue weighted by Crippen LogP contribution is -2.37. The van der Waals surface area contributed by atoms with E-state index < -0.39 is 0 Å². The van der Waals surface area contributed by atoms with Crippen LogP contribution in [0.4, 0.5) is 0 Å². The molecule has 1 aliphatic rings.